The predicted molar refractivity (Wildman–Crippen MR) is 77.5 cm³/mol. The number of halogens is 2. The molecule has 2 N–H and O–H groups in total. The van der Waals surface area contributed by atoms with Crippen LogP contribution in [0, 0.1) is 19.7 Å². The molecule has 0 radical (unpaired) electrons. The Morgan fingerprint density at radius 3 is 2.63 bits per heavy atom. The van der Waals surface area contributed by atoms with Crippen molar-refractivity contribution < 1.29 is 4.39 Å². The lowest BCUT2D eigenvalue weighted by molar-refractivity contribution is 0.616. The van der Waals surface area contributed by atoms with Crippen LogP contribution in [-0.2, 0) is 6.54 Å². The van der Waals surface area contributed by atoms with Crippen molar-refractivity contribution in [1.82, 2.24) is 9.78 Å². The van der Waals surface area contributed by atoms with Crippen LogP contribution in [0.25, 0.3) is 0 Å². The zero-order valence-corrected chi connectivity index (χ0v) is 12.8. The standard InChI is InChI=1S/C14H17BrFN3/c1-8(17)14-9(2)18-19(10(14)3)7-11-4-5-13(16)12(15)6-11/h4-6,8H,7,17H2,1-3H3. The highest BCUT2D eigenvalue weighted by Crippen LogP contribution is 2.22. The van der Waals surface area contributed by atoms with Crippen molar-refractivity contribution in [2.75, 3.05) is 0 Å². The number of hydrogen-bond donors (Lipinski definition) is 1. The van der Waals surface area contributed by atoms with Crippen LogP contribution in [-0.4, -0.2) is 9.78 Å². The van der Waals surface area contributed by atoms with Crippen molar-refractivity contribution in [1.29, 1.82) is 0 Å². The molecule has 0 fully saturated rings. The van der Waals surface area contributed by atoms with Gasteiger partial charge in [-0.15, -0.1) is 0 Å². The lowest BCUT2D eigenvalue weighted by atomic mass is 10.1. The van der Waals surface area contributed by atoms with E-state index in [0.29, 0.717) is 11.0 Å². The fourth-order valence-corrected chi connectivity index (χ4v) is 2.76. The third-order valence-electron chi connectivity index (χ3n) is 3.21. The highest BCUT2D eigenvalue weighted by molar-refractivity contribution is 9.10. The van der Waals surface area contributed by atoms with Gasteiger partial charge in [0.25, 0.3) is 0 Å². The second-order valence-corrected chi connectivity index (χ2v) is 5.63. The van der Waals surface area contributed by atoms with E-state index in [4.69, 9.17) is 5.73 Å². The van der Waals surface area contributed by atoms with Gasteiger partial charge >= 0.3 is 0 Å². The number of rotatable bonds is 3. The quantitative estimate of drug-likeness (QED) is 0.939. The van der Waals surface area contributed by atoms with Crippen LogP contribution in [0.1, 0.15) is 35.5 Å². The minimum Gasteiger partial charge on any atom is -0.324 e. The zero-order valence-electron chi connectivity index (χ0n) is 11.2. The van der Waals surface area contributed by atoms with Crippen molar-refractivity contribution >= 4 is 15.9 Å². The Morgan fingerprint density at radius 1 is 1.42 bits per heavy atom. The summed E-state index contributed by atoms with van der Waals surface area (Å²) < 4.78 is 15.6. The molecule has 0 bridgehead atoms. The Bertz CT molecular complexity index is 605. The highest BCUT2D eigenvalue weighted by Gasteiger charge is 2.15. The first-order valence-electron chi connectivity index (χ1n) is 6.13. The van der Waals surface area contributed by atoms with Gasteiger partial charge < -0.3 is 5.73 Å². The van der Waals surface area contributed by atoms with Crippen LogP contribution in [0.5, 0.6) is 0 Å². The lowest BCUT2D eigenvalue weighted by Crippen LogP contribution is -2.09. The van der Waals surface area contributed by atoms with Crippen LogP contribution in [0.3, 0.4) is 0 Å². The predicted octanol–water partition coefficient (Wildman–Crippen LogP) is 3.47. The van der Waals surface area contributed by atoms with Crippen molar-refractivity contribution in [2.45, 2.75) is 33.4 Å². The summed E-state index contributed by atoms with van der Waals surface area (Å²) in [7, 11) is 0. The van der Waals surface area contributed by atoms with E-state index in [2.05, 4.69) is 21.0 Å². The summed E-state index contributed by atoms with van der Waals surface area (Å²) in [6.07, 6.45) is 0. The average molecular weight is 326 g/mol. The smallest absolute Gasteiger partial charge is 0.137 e. The van der Waals surface area contributed by atoms with Gasteiger partial charge in [-0.25, -0.2) is 4.39 Å². The van der Waals surface area contributed by atoms with Crippen LogP contribution in [0.2, 0.25) is 0 Å². The molecule has 5 heteroatoms. The van der Waals surface area contributed by atoms with Gasteiger partial charge in [-0.1, -0.05) is 6.07 Å². The molecule has 0 saturated heterocycles. The number of aromatic nitrogens is 2. The highest BCUT2D eigenvalue weighted by atomic mass is 79.9. The summed E-state index contributed by atoms with van der Waals surface area (Å²) in [6.45, 7) is 6.54. The van der Waals surface area contributed by atoms with E-state index >= 15 is 0 Å². The van der Waals surface area contributed by atoms with Gasteiger partial charge in [0.1, 0.15) is 5.82 Å². The van der Waals surface area contributed by atoms with Crippen LogP contribution in [0.15, 0.2) is 22.7 Å². The third kappa shape index (κ3) is 2.87. The maximum Gasteiger partial charge on any atom is 0.137 e. The van der Waals surface area contributed by atoms with E-state index in [9.17, 15) is 4.39 Å². The zero-order chi connectivity index (χ0) is 14.2. The molecular formula is C14H17BrFN3. The molecule has 2 aromatic rings. The van der Waals surface area contributed by atoms with Gasteiger partial charge in [0, 0.05) is 17.3 Å². The summed E-state index contributed by atoms with van der Waals surface area (Å²) in [4.78, 5) is 0. The van der Waals surface area contributed by atoms with E-state index in [1.165, 1.54) is 6.07 Å². The molecule has 1 atom stereocenters. The summed E-state index contributed by atoms with van der Waals surface area (Å²) >= 11 is 3.20. The molecule has 0 amide bonds. The van der Waals surface area contributed by atoms with Crippen molar-refractivity contribution in [3.63, 3.8) is 0 Å². The summed E-state index contributed by atoms with van der Waals surface area (Å²) in [5.74, 6) is -0.256. The number of hydrogen-bond acceptors (Lipinski definition) is 2. The summed E-state index contributed by atoms with van der Waals surface area (Å²) in [5.41, 5.74) is 10.1. The number of nitrogens with zero attached hydrogens (tertiary/aromatic N) is 2. The molecule has 0 aliphatic heterocycles. The molecule has 0 aliphatic rings. The fourth-order valence-electron chi connectivity index (χ4n) is 2.33. The summed E-state index contributed by atoms with van der Waals surface area (Å²) in [6, 6.07) is 4.96. The van der Waals surface area contributed by atoms with Gasteiger partial charge in [0.05, 0.1) is 16.7 Å². The largest absolute Gasteiger partial charge is 0.324 e. The monoisotopic (exact) mass is 325 g/mol. The SMILES string of the molecule is Cc1nn(Cc2ccc(F)c(Br)c2)c(C)c1C(C)N. The second kappa shape index (κ2) is 5.43. The molecule has 19 heavy (non-hydrogen) atoms. The third-order valence-corrected chi connectivity index (χ3v) is 3.82. The molecule has 0 spiro atoms. The van der Waals surface area contributed by atoms with E-state index in [1.54, 1.807) is 12.1 Å². The van der Waals surface area contributed by atoms with Gasteiger partial charge in [-0.2, -0.15) is 5.10 Å². The van der Waals surface area contributed by atoms with E-state index in [1.807, 2.05) is 25.5 Å². The van der Waals surface area contributed by atoms with Crippen LogP contribution in [0.4, 0.5) is 4.39 Å². The molecule has 3 nitrogen and oxygen atoms in total. The normalized spacial score (nSPS) is 12.7. The van der Waals surface area contributed by atoms with Gasteiger partial charge in [-0.05, 0) is 54.4 Å². The molecule has 1 aromatic heterocycles. The Balaban J connectivity index is 2.33. The minimum atomic E-state index is -0.256. The first-order valence-corrected chi connectivity index (χ1v) is 6.93. The van der Waals surface area contributed by atoms with Gasteiger partial charge in [0.15, 0.2) is 0 Å². The van der Waals surface area contributed by atoms with Gasteiger partial charge in [0.2, 0.25) is 0 Å². The Hall–Kier alpha value is -1.20. The number of nitrogens with two attached hydrogens (primary N) is 1. The average Bonchev–Trinajstić information content (AvgIpc) is 2.59. The molecule has 1 unspecified atom stereocenters. The van der Waals surface area contributed by atoms with E-state index < -0.39 is 0 Å². The maximum atomic E-state index is 13.2. The maximum absolute atomic E-state index is 13.2. The molecule has 0 aliphatic carbocycles. The summed E-state index contributed by atoms with van der Waals surface area (Å²) in [5, 5.41) is 4.51. The topological polar surface area (TPSA) is 43.8 Å². The van der Waals surface area contributed by atoms with Crippen molar-refractivity contribution in [3.05, 3.63) is 51.0 Å². The molecule has 1 heterocycles. The van der Waals surface area contributed by atoms with Crippen LogP contribution >= 0.6 is 15.9 Å². The molecule has 102 valence electrons. The Kier molecular flexibility index (Phi) is 4.06. The van der Waals surface area contributed by atoms with Gasteiger partial charge in [-0.3, -0.25) is 4.68 Å². The molecule has 0 saturated carbocycles. The number of benzene rings is 1. The molecular weight excluding hydrogens is 309 g/mol. The lowest BCUT2D eigenvalue weighted by Gasteiger charge is -2.08. The van der Waals surface area contributed by atoms with E-state index in [0.717, 1.165) is 22.5 Å². The Labute approximate surface area is 120 Å². The molecule has 2 rings (SSSR count). The first-order chi connectivity index (χ1) is 8.90. The molecule has 1 aromatic carbocycles. The van der Waals surface area contributed by atoms with Crippen molar-refractivity contribution in [2.24, 2.45) is 5.73 Å². The minimum absolute atomic E-state index is 0.0336. The van der Waals surface area contributed by atoms with Crippen molar-refractivity contribution in [3.8, 4) is 0 Å². The Morgan fingerprint density at radius 2 is 2.11 bits per heavy atom. The van der Waals surface area contributed by atoms with Crippen LogP contribution < -0.4 is 5.73 Å². The number of aryl methyl sites for hydroxylation is 1. The fraction of sp³-hybridized carbons (Fsp3) is 0.357. The second-order valence-electron chi connectivity index (χ2n) is 4.78. The first kappa shape index (κ1) is 14.2. The van der Waals surface area contributed by atoms with E-state index in [-0.39, 0.29) is 11.9 Å².